The molecule has 0 bridgehead atoms. The number of rotatable bonds is 18. The van der Waals surface area contributed by atoms with E-state index >= 15 is 0 Å². The van der Waals surface area contributed by atoms with Crippen LogP contribution in [0.3, 0.4) is 0 Å². The van der Waals surface area contributed by atoms with Gasteiger partial charge in [0, 0.05) is 16.7 Å². The minimum Gasteiger partial charge on any atom is -0.458 e. The lowest BCUT2D eigenvalue weighted by Crippen LogP contribution is -2.69. The number of aliphatic hydroxyl groups is 19. The Morgan fingerprint density at radius 3 is 1.59 bits per heavy atom. The zero-order valence-electron chi connectivity index (χ0n) is 53.0. The number of esters is 1. The van der Waals surface area contributed by atoms with Crippen LogP contribution in [0.25, 0.3) is 0 Å². The Balaban J connectivity index is 0.834. The van der Waals surface area contributed by atoms with Gasteiger partial charge in [0.1, 0.15) is 140 Å². The molecular weight excluding hydrogens is 1260 g/mol. The fourth-order valence-electron chi connectivity index (χ4n) is 18.0. The van der Waals surface area contributed by atoms with Gasteiger partial charge >= 0.3 is 5.97 Å². The standard InChI is InChI=1S/C61H98O33/c1-22-14-33(68)94-61(22)13-12-58(4)25-6-7-31-57(3,24(25)8-11-59(58,61)5)10-9-32(60(31,20-65)21-66)89-52-45(80)42(77)38(73)30(88-52)19-83-54-48(35(70)26(67)18-82-54)92-56-50(93-51-44(79)40(75)34(69)23(2)84-51)47(39(74)29(17-64)87-56)90-55-49(43(78)37(72)28(16-63)86-55)91-53-46(81)41(76)36(71)27(15-62)85-53/h22-23,26-32,34-56,62-67,69-81H,6-21H2,1-5H3. The molecule has 2 saturated carbocycles. The molecule has 0 aromatic heterocycles. The number of carbonyl (C=O) groups is 1. The van der Waals surface area contributed by atoms with Gasteiger partial charge in [-0.05, 0) is 75.0 Å². The van der Waals surface area contributed by atoms with Gasteiger partial charge in [-0.2, -0.15) is 0 Å². The van der Waals surface area contributed by atoms with Crippen LogP contribution in [0.15, 0.2) is 11.1 Å². The van der Waals surface area contributed by atoms with E-state index in [2.05, 4.69) is 27.7 Å². The fraction of sp³-hybridized carbons (Fsp3) is 0.951. The van der Waals surface area contributed by atoms with E-state index in [9.17, 15) is 102 Å². The molecule has 7 saturated heterocycles. The van der Waals surface area contributed by atoms with Crippen molar-refractivity contribution in [3.8, 4) is 0 Å². The molecule has 36 atom stereocenters. The Morgan fingerprint density at radius 1 is 0.468 bits per heavy atom. The Labute approximate surface area is 541 Å². The van der Waals surface area contributed by atoms with Crippen LogP contribution in [-0.2, 0) is 66.4 Å². The molecule has 94 heavy (non-hydrogen) atoms. The molecule has 11 rings (SSSR count). The van der Waals surface area contributed by atoms with Crippen molar-refractivity contribution < 1.29 is 163 Å². The Bertz CT molecular complexity index is 2620. The summed E-state index contributed by atoms with van der Waals surface area (Å²) in [6.45, 7) is 4.62. The summed E-state index contributed by atoms with van der Waals surface area (Å²) in [4.78, 5) is 12.8. The van der Waals surface area contributed by atoms with Crippen molar-refractivity contribution in [2.24, 2.45) is 33.5 Å². The molecule has 33 nitrogen and oxygen atoms in total. The number of hydrogen-bond acceptors (Lipinski definition) is 33. The quantitative estimate of drug-likeness (QED) is 0.0448. The third-order valence-electron chi connectivity index (χ3n) is 23.9. The molecule has 9 fully saturated rings. The number of aliphatic hydroxyl groups excluding tert-OH is 19. The highest BCUT2D eigenvalue weighted by Crippen LogP contribution is 2.75. The third kappa shape index (κ3) is 12.1. The predicted molar refractivity (Wildman–Crippen MR) is 305 cm³/mol. The summed E-state index contributed by atoms with van der Waals surface area (Å²) in [5.74, 6) is -0.483. The van der Waals surface area contributed by atoms with Crippen molar-refractivity contribution in [1.82, 2.24) is 0 Å². The van der Waals surface area contributed by atoms with Crippen LogP contribution in [0, 0.1) is 33.5 Å². The zero-order chi connectivity index (χ0) is 68.2. The van der Waals surface area contributed by atoms with Gasteiger partial charge in [0.15, 0.2) is 37.7 Å². The van der Waals surface area contributed by atoms with Crippen LogP contribution in [0.2, 0.25) is 0 Å². The van der Waals surface area contributed by atoms with E-state index in [4.69, 9.17) is 61.6 Å². The molecule has 36 unspecified atom stereocenters. The smallest absolute Gasteiger partial charge is 0.306 e. The Morgan fingerprint density at radius 2 is 0.979 bits per heavy atom. The first-order valence-corrected chi connectivity index (χ1v) is 32.7. The number of allylic oxidation sites excluding steroid dienone is 2. The predicted octanol–water partition coefficient (Wildman–Crippen LogP) is -7.64. The van der Waals surface area contributed by atoms with Gasteiger partial charge < -0.3 is 159 Å². The van der Waals surface area contributed by atoms with Gasteiger partial charge in [-0.1, -0.05) is 38.8 Å². The molecule has 1 spiro atoms. The van der Waals surface area contributed by atoms with Crippen molar-refractivity contribution in [2.75, 3.05) is 46.2 Å². The molecule has 0 radical (unpaired) electrons. The van der Waals surface area contributed by atoms with E-state index in [-0.39, 0.29) is 35.1 Å². The Kier molecular flexibility index (Phi) is 21.9. The number of hydrogen-bond donors (Lipinski definition) is 19. The molecular formula is C61H98O33. The monoisotopic (exact) mass is 1360 g/mol. The molecule has 0 aromatic rings. The summed E-state index contributed by atoms with van der Waals surface area (Å²) < 4.78 is 78.8. The molecule has 33 heteroatoms. The maximum atomic E-state index is 12.8. The second-order valence-electron chi connectivity index (χ2n) is 28.6. The average Bonchev–Trinajstić information content (AvgIpc) is 1.43. The maximum absolute atomic E-state index is 12.8. The molecule has 11 aliphatic rings. The molecule has 7 aliphatic heterocycles. The molecule has 4 aliphatic carbocycles. The zero-order valence-corrected chi connectivity index (χ0v) is 53.0. The van der Waals surface area contributed by atoms with E-state index in [0.717, 1.165) is 25.7 Å². The number of ether oxygens (including phenoxy) is 13. The minimum absolute atomic E-state index is 0.0483. The average molecular weight is 1360 g/mol. The highest BCUT2D eigenvalue weighted by molar-refractivity contribution is 5.73. The molecule has 540 valence electrons. The van der Waals surface area contributed by atoms with Crippen LogP contribution < -0.4 is 0 Å². The van der Waals surface area contributed by atoms with Crippen LogP contribution in [0.1, 0.15) is 92.4 Å². The van der Waals surface area contributed by atoms with Crippen LogP contribution in [0.5, 0.6) is 0 Å². The summed E-state index contributed by atoms with van der Waals surface area (Å²) in [6.07, 6.45) is -51.5. The van der Waals surface area contributed by atoms with Crippen LogP contribution in [-0.4, -0.2) is 339 Å². The van der Waals surface area contributed by atoms with Crippen molar-refractivity contribution >= 4 is 5.97 Å². The summed E-state index contributed by atoms with van der Waals surface area (Å²) in [6, 6.07) is 0. The normalized spacial score (nSPS) is 53.7. The van der Waals surface area contributed by atoms with Crippen molar-refractivity contribution in [3.05, 3.63) is 11.1 Å². The highest BCUT2D eigenvalue weighted by atomic mass is 16.8. The fourth-order valence-corrected chi connectivity index (χ4v) is 18.0. The van der Waals surface area contributed by atoms with Gasteiger partial charge in [-0.15, -0.1) is 0 Å². The molecule has 0 aromatic carbocycles. The first kappa shape index (κ1) is 73.2. The summed E-state index contributed by atoms with van der Waals surface area (Å²) in [7, 11) is 0. The van der Waals surface area contributed by atoms with Crippen LogP contribution >= 0.6 is 0 Å². The lowest BCUT2D eigenvalue weighted by atomic mass is 9.42. The first-order chi connectivity index (χ1) is 44.4. The largest absolute Gasteiger partial charge is 0.458 e. The van der Waals surface area contributed by atoms with Crippen LogP contribution in [0.4, 0.5) is 0 Å². The van der Waals surface area contributed by atoms with Gasteiger partial charge in [0.05, 0.1) is 64.9 Å². The molecule has 19 N–H and O–H groups in total. The van der Waals surface area contributed by atoms with Gasteiger partial charge in [-0.25, -0.2) is 0 Å². The number of fused-ring (bicyclic) bond motifs is 5. The third-order valence-corrected chi connectivity index (χ3v) is 23.9. The second kappa shape index (κ2) is 28.1. The first-order valence-electron chi connectivity index (χ1n) is 32.7. The lowest BCUT2D eigenvalue weighted by molar-refractivity contribution is -0.414. The highest BCUT2D eigenvalue weighted by Gasteiger charge is 2.73. The molecule has 0 amide bonds. The van der Waals surface area contributed by atoms with E-state index < -0.39 is 247 Å². The van der Waals surface area contributed by atoms with Gasteiger partial charge in [0.2, 0.25) is 0 Å². The van der Waals surface area contributed by atoms with Crippen molar-refractivity contribution in [3.63, 3.8) is 0 Å². The topological polar surface area (TPSA) is 521 Å². The number of carbonyl (C=O) groups excluding carboxylic acids is 1. The van der Waals surface area contributed by atoms with Gasteiger partial charge in [0.25, 0.3) is 0 Å². The van der Waals surface area contributed by atoms with Crippen molar-refractivity contribution in [1.29, 1.82) is 0 Å². The van der Waals surface area contributed by atoms with E-state index in [1.165, 1.54) is 18.1 Å². The summed E-state index contributed by atoms with van der Waals surface area (Å²) in [5, 5.41) is 211. The van der Waals surface area contributed by atoms with Crippen molar-refractivity contribution in [2.45, 2.75) is 282 Å². The minimum atomic E-state index is -2.17. The SMILES string of the molecule is CC1OC(OC2C(OC3C(OCC4OC(OC5CCC6(C)C7=C(CCC6C5(CO)CO)C5(C)CCC6(OC(=O)CC6C)C5(C)CC7)C(O)C(O)C4O)OCC(O)C3O)OC(CO)C(O)C2OC2OC(CO)C(O)C(O)C2OC2OC(CO)C(O)C(O)C2O)C(O)C(O)C1O. The van der Waals surface area contributed by atoms with E-state index in [1.807, 2.05) is 0 Å². The van der Waals surface area contributed by atoms with E-state index in [1.54, 1.807) is 0 Å². The van der Waals surface area contributed by atoms with Gasteiger partial charge in [-0.3, -0.25) is 4.79 Å². The molecule has 7 heterocycles. The second-order valence-corrected chi connectivity index (χ2v) is 28.6. The van der Waals surface area contributed by atoms with E-state index in [0.29, 0.717) is 25.7 Å². The lowest BCUT2D eigenvalue weighted by Gasteiger charge is -2.63. The maximum Gasteiger partial charge on any atom is 0.306 e. The summed E-state index contributed by atoms with van der Waals surface area (Å²) >= 11 is 0. The Hall–Kier alpha value is -2.03. The summed E-state index contributed by atoms with van der Waals surface area (Å²) in [5.41, 5.74) is -0.457.